The number of nitrogens with one attached hydrogen (secondary N) is 1. The van der Waals surface area contributed by atoms with Gasteiger partial charge in [-0.25, -0.2) is 0 Å². The predicted molar refractivity (Wildman–Crippen MR) is 85.3 cm³/mol. The fraction of sp³-hybridized carbons (Fsp3) is 1.00. The number of rotatable bonds is 6. The zero-order chi connectivity index (χ0) is 14.6. The van der Waals surface area contributed by atoms with E-state index in [0.29, 0.717) is 19.0 Å². The molecule has 0 aliphatic carbocycles. The van der Waals surface area contributed by atoms with Gasteiger partial charge in [-0.3, -0.25) is 0 Å². The molecule has 0 aromatic heterocycles. The minimum atomic E-state index is -3.26. The van der Waals surface area contributed by atoms with E-state index < -0.39 is 10.2 Å². The minimum absolute atomic E-state index is 0.185. The van der Waals surface area contributed by atoms with Crippen molar-refractivity contribution in [3.05, 3.63) is 0 Å². The van der Waals surface area contributed by atoms with Gasteiger partial charge < -0.3 is 5.32 Å². The SMILES string of the molecule is CCNCC1CCN(S(=O)(=O)N(C)C2CCSC2)CC1. The van der Waals surface area contributed by atoms with Gasteiger partial charge in [0.1, 0.15) is 0 Å². The van der Waals surface area contributed by atoms with Crippen LogP contribution in [0.5, 0.6) is 0 Å². The topological polar surface area (TPSA) is 52.7 Å². The number of hydrogen-bond donors (Lipinski definition) is 1. The van der Waals surface area contributed by atoms with Gasteiger partial charge >= 0.3 is 0 Å². The van der Waals surface area contributed by atoms with Gasteiger partial charge in [-0.15, -0.1) is 0 Å². The van der Waals surface area contributed by atoms with Crippen molar-refractivity contribution in [1.82, 2.24) is 13.9 Å². The third-order valence-corrected chi connectivity index (χ3v) is 7.56. The summed E-state index contributed by atoms with van der Waals surface area (Å²) >= 11 is 1.85. The predicted octanol–water partition coefficient (Wildman–Crippen LogP) is 0.990. The Balaban J connectivity index is 1.88. The molecule has 0 radical (unpaired) electrons. The molecule has 5 nitrogen and oxygen atoms in total. The molecule has 0 bridgehead atoms. The molecule has 118 valence electrons. The van der Waals surface area contributed by atoms with Crippen LogP contribution in [0, 0.1) is 5.92 Å². The summed E-state index contributed by atoms with van der Waals surface area (Å²) in [7, 11) is -1.51. The van der Waals surface area contributed by atoms with Gasteiger partial charge in [-0.05, 0) is 44.0 Å². The molecule has 1 atom stereocenters. The van der Waals surface area contributed by atoms with Crippen LogP contribution in [0.4, 0.5) is 0 Å². The van der Waals surface area contributed by atoms with Gasteiger partial charge in [-0.2, -0.15) is 28.8 Å². The van der Waals surface area contributed by atoms with Crippen LogP contribution in [0.2, 0.25) is 0 Å². The van der Waals surface area contributed by atoms with Gasteiger partial charge in [0, 0.05) is 31.9 Å². The van der Waals surface area contributed by atoms with Crippen LogP contribution in [-0.4, -0.2) is 67.8 Å². The molecule has 0 aromatic rings. The Bertz CT molecular complexity index is 388. The summed E-state index contributed by atoms with van der Waals surface area (Å²) in [6, 6.07) is 0.185. The van der Waals surface area contributed by atoms with Crippen molar-refractivity contribution in [2.75, 3.05) is 44.7 Å². The standard InChI is InChI=1S/C13H27N3O2S2/c1-3-14-10-12-4-7-16(8-5-12)20(17,18)15(2)13-6-9-19-11-13/h12-14H,3-11H2,1-2H3. The van der Waals surface area contributed by atoms with E-state index in [1.807, 2.05) is 11.8 Å². The number of nitrogens with zero attached hydrogens (tertiary/aromatic N) is 2. The average Bonchev–Trinajstić information content (AvgIpc) is 2.98. The van der Waals surface area contributed by atoms with Crippen molar-refractivity contribution in [2.24, 2.45) is 5.92 Å². The molecule has 0 spiro atoms. The second kappa shape index (κ2) is 7.45. The van der Waals surface area contributed by atoms with Gasteiger partial charge in [0.05, 0.1) is 0 Å². The lowest BCUT2D eigenvalue weighted by atomic mass is 9.98. The molecule has 2 rings (SSSR count). The lowest BCUT2D eigenvalue weighted by Crippen LogP contribution is -2.49. The van der Waals surface area contributed by atoms with E-state index in [2.05, 4.69) is 12.2 Å². The Labute approximate surface area is 127 Å². The Morgan fingerprint density at radius 1 is 1.30 bits per heavy atom. The van der Waals surface area contributed by atoms with Crippen molar-refractivity contribution in [1.29, 1.82) is 0 Å². The highest BCUT2D eigenvalue weighted by Crippen LogP contribution is 2.26. The molecule has 0 aromatic carbocycles. The summed E-state index contributed by atoms with van der Waals surface area (Å²) in [5.41, 5.74) is 0. The highest BCUT2D eigenvalue weighted by Gasteiger charge is 2.35. The zero-order valence-electron chi connectivity index (χ0n) is 12.5. The van der Waals surface area contributed by atoms with Crippen LogP contribution < -0.4 is 5.32 Å². The first-order valence-electron chi connectivity index (χ1n) is 7.57. The normalized spacial score (nSPS) is 26.4. The second-order valence-corrected chi connectivity index (χ2v) is 8.83. The molecule has 20 heavy (non-hydrogen) atoms. The average molecular weight is 322 g/mol. The van der Waals surface area contributed by atoms with Crippen LogP contribution in [-0.2, 0) is 10.2 Å². The lowest BCUT2D eigenvalue weighted by molar-refractivity contribution is 0.248. The largest absolute Gasteiger partial charge is 0.317 e. The van der Waals surface area contributed by atoms with E-state index in [4.69, 9.17) is 0 Å². The molecule has 2 aliphatic rings. The van der Waals surface area contributed by atoms with E-state index >= 15 is 0 Å². The first-order chi connectivity index (χ1) is 9.55. The van der Waals surface area contributed by atoms with Crippen LogP contribution in [0.3, 0.4) is 0 Å². The van der Waals surface area contributed by atoms with Crippen LogP contribution in [0.25, 0.3) is 0 Å². The molecule has 1 unspecified atom stereocenters. The fourth-order valence-corrected chi connectivity index (χ4v) is 5.83. The molecule has 2 saturated heterocycles. The maximum atomic E-state index is 12.6. The Morgan fingerprint density at radius 3 is 2.55 bits per heavy atom. The smallest absolute Gasteiger partial charge is 0.282 e. The highest BCUT2D eigenvalue weighted by molar-refractivity contribution is 7.99. The van der Waals surface area contributed by atoms with Crippen molar-refractivity contribution < 1.29 is 8.42 Å². The summed E-state index contributed by atoms with van der Waals surface area (Å²) in [4.78, 5) is 0. The molecule has 7 heteroatoms. The van der Waals surface area contributed by atoms with Gasteiger partial charge in [0.25, 0.3) is 10.2 Å². The van der Waals surface area contributed by atoms with Gasteiger partial charge in [-0.1, -0.05) is 6.92 Å². The number of piperidine rings is 1. The lowest BCUT2D eigenvalue weighted by Gasteiger charge is -2.35. The second-order valence-electron chi connectivity index (χ2n) is 5.69. The van der Waals surface area contributed by atoms with Crippen molar-refractivity contribution in [3.63, 3.8) is 0 Å². The van der Waals surface area contributed by atoms with Crippen molar-refractivity contribution >= 4 is 22.0 Å². The Kier molecular flexibility index (Phi) is 6.16. The summed E-state index contributed by atoms with van der Waals surface area (Å²) in [6.45, 7) is 5.44. The third-order valence-electron chi connectivity index (χ3n) is 4.37. The summed E-state index contributed by atoms with van der Waals surface area (Å²) in [5, 5.41) is 3.36. The number of hydrogen-bond acceptors (Lipinski definition) is 4. The summed E-state index contributed by atoms with van der Waals surface area (Å²) < 4.78 is 28.5. The minimum Gasteiger partial charge on any atom is -0.317 e. The quantitative estimate of drug-likeness (QED) is 0.793. The molecule has 2 fully saturated rings. The maximum absolute atomic E-state index is 12.6. The third kappa shape index (κ3) is 3.88. The van der Waals surface area contributed by atoms with Crippen molar-refractivity contribution in [2.45, 2.75) is 32.2 Å². The van der Waals surface area contributed by atoms with E-state index in [0.717, 1.165) is 43.9 Å². The molecule has 2 aliphatic heterocycles. The molecule has 2 heterocycles. The number of thioether (sulfide) groups is 1. The van der Waals surface area contributed by atoms with E-state index in [1.165, 1.54) is 0 Å². The monoisotopic (exact) mass is 321 g/mol. The van der Waals surface area contributed by atoms with Crippen LogP contribution >= 0.6 is 11.8 Å². The fourth-order valence-electron chi connectivity index (χ4n) is 2.87. The van der Waals surface area contributed by atoms with E-state index in [9.17, 15) is 8.42 Å². The van der Waals surface area contributed by atoms with Gasteiger partial charge in [0.15, 0.2) is 0 Å². The molecular weight excluding hydrogens is 294 g/mol. The summed E-state index contributed by atoms with van der Waals surface area (Å²) in [6.07, 6.45) is 2.93. The molecule has 1 N–H and O–H groups in total. The Hall–Kier alpha value is 0.180. The first-order valence-corrected chi connectivity index (χ1v) is 10.1. The zero-order valence-corrected chi connectivity index (χ0v) is 14.2. The van der Waals surface area contributed by atoms with Crippen molar-refractivity contribution in [3.8, 4) is 0 Å². The Morgan fingerprint density at radius 2 is 2.00 bits per heavy atom. The highest BCUT2D eigenvalue weighted by atomic mass is 32.2. The summed E-state index contributed by atoms with van der Waals surface area (Å²) in [5.74, 6) is 2.63. The first kappa shape index (κ1) is 16.5. The molecule has 0 saturated carbocycles. The molecular formula is C13H27N3O2S2. The maximum Gasteiger partial charge on any atom is 0.282 e. The van der Waals surface area contributed by atoms with Crippen LogP contribution in [0.1, 0.15) is 26.2 Å². The van der Waals surface area contributed by atoms with E-state index in [1.54, 1.807) is 15.7 Å². The van der Waals surface area contributed by atoms with Crippen LogP contribution in [0.15, 0.2) is 0 Å². The van der Waals surface area contributed by atoms with E-state index in [-0.39, 0.29) is 6.04 Å². The molecule has 0 amide bonds. The van der Waals surface area contributed by atoms with Gasteiger partial charge in [0.2, 0.25) is 0 Å².